The number of nitrogens with two attached hydrogens (primary N) is 1. The van der Waals surface area contributed by atoms with Gasteiger partial charge in [-0.25, -0.2) is 8.42 Å². The minimum atomic E-state index is -2.82. The zero-order valence-corrected chi connectivity index (χ0v) is 11.3. The van der Waals surface area contributed by atoms with E-state index in [4.69, 9.17) is 5.73 Å². The van der Waals surface area contributed by atoms with Gasteiger partial charge in [0.2, 0.25) is 0 Å². The Hall–Kier alpha value is 0.450. The van der Waals surface area contributed by atoms with E-state index in [1.807, 2.05) is 0 Å². The van der Waals surface area contributed by atoms with Gasteiger partial charge in [0.1, 0.15) is 9.84 Å². The van der Waals surface area contributed by atoms with Gasteiger partial charge in [0.15, 0.2) is 0 Å². The molecule has 0 spiro atoms. The molecule has 0 radical (unpaired) electrons. The van der Waals surface area contributed by atoms with Crippen molar-refractivity contribution in [3.8, 4) is 0 Å². The molecule has 1 saturated heterocycles. The van der Waals surface area contributed by atoms with Crippen LogP contribution in [0.25, 0.3) is 0 Å². The van der Waals surface area contributed by atoms with Gasteiger partial charge in [-0.15, -0.1) is 24.8 Å². The van der Waals surface area contributed by atoms with E-state index in [9.17, 15) is 8.42 Å². The molecule has 0 unspecified atom stereocenters. The Kier molecular flexibility index (Phi) is 9.13. The van der Waals surface area contributed by atoms with E-state index in [0.717, 1.165) is 32.5 Å². The summed E-state index contributed by atoms with van der Waals surface area (Å²) in [7, 11) is -2.82. The SMILES string of the molecule is CS(=O)(=O)C1CCN(CCN)CC1.Cl.Cl. The van der Waals surface area contributed by atoms with Gasteiger partial charge >= 0.3 is 0 Å². The summed E-state index contributed by atoms with van der Waals surface area (Å²) in [5.74, 6) is 0. The van der Waals surface area contributed by atoms with E-state index >= 15 is 0 Å². The van der Waals surface area contributed by atoms with E-state index in [2.05, 4.69) is 4.90 Å². The van der Waals surface area contributed by atoms with Gasteiger partial charge in [-0.1, -0.05) is 0 Å². The third-order valence-electron chi connectivity index (χ3n) is 2.59. The Labute approximate surface area is 104 Å². The van der Waals surface area contributed by atoms with E-state index in [-0.39, 0.29) is 30.1 Å². The van der Waals surface area contributed by atoms with Crippen molar-refractivity contribution >= 4 is 34.7 Å². The Morgan fingerprint density at radius 1 is 1.27 bits per heavy atom. The maximum atomic E-state index is 11.2. The number of likely N-dealkylation sites (tertiary alicyclic amines) is 1. The summed E-state index contributed by atoms with van der Waals surface area (Å²) in [6.45, 7) is 3.28. The summed E-state index contributed by atoms with van der Waals surface area (Å²) in [4.78, 5) is 2.22. The molecule has 0 aromatic heterocycles. The fraction of sp³-hybridized carbons (Fsp3) is 1.00. The number of sulfone groups is 1. The first-order chi connectivity index (χ1) is 6.04. The number of nitrogens with zero attached hydrogens (tertiary/aromatic N) is 1. The molecule has 0 bridgehead atoms. The summed E-state index contributed by atoms with van der Waals surface area (Å²) in [6.07, 6.45) is 2.86. The van der Waals surface area contributed by atoms with Crippen molar-refractivity contribution in [2.24, 2.45) is 5.73 Å². The Balaban J connectivity index is 0. The summed E-state index contributed by atoms with van der Waals surface area (Å²) < 4.78 is 22.4. The van der Waals surface area contributed by atoms with E-state index in [0.29, 0.717) is 6.54 Å². The van der Waals surface area contributed by atoms with Gasteiger partial charge < -0.3 is 10.6 Å². The molecule has 0 aromatic carbocycles. The maximum Gasteiger partial charge on any atom is 0.150 e. The molecular formula is C8H20Cl2N2O2S. The molecule has 7 heteroatoms. The van der Waals surface area contributed by atoms with Gasteiger partial charge in [0.25, 0.3) is 0 Å². The molecule has 1 aliphatic heterocycles. The van der Waals surface area contributed by atoms with Crippen LogP contribution in [0.2, 0.25) is 0 Å². The van der Waals surface area contributed by atoms with Crippen molar-refractivity contribution in [3.05, 3.63) is 0 Å². The van der Waals surface area contributed by atoms with Crippen molar-refractivity contribution in [3.63, 3.8) is 0 Å². The number of hydrogen-bond donors (Lipinski definition) is 1. The number of piperidine rings is 1. The summed E-state index contributed by atoms with van der Waals surface area (Å²) >= 11 is 0. The minimum Gasteiger partial charge on any atom is -0.329 e. The lowest BCUT2D eigenvalue weighted by molar-refractivity contribution is 0.236. The second-order valence-electron chi connectivity index (χ2n) is 3.66. The molecule has 1 aliphatic rings. The van der Waals surface area contributed by atoms with Crippen LogP contribution in [0.3, 0.4) is 0 Å². The quantitative estimate of drug-likeness (QED) is 0.807. The molecule has 2 N–H and O–H groups in total. The van der Waals surface area contributed by atoms with Gasteiger partial charge in [0.05, 0.1) is 5.25 Å². The molecule has 1 heterocycles. The highest BCUT2D eigenvalue weighted by atomic mass is 35.5. The first-order valence-corrected chi connectivity index (χ1v) is 6.61. The monoisotopic (exact) mass is 278 g/mol. The zero-order chi connectivity index (χ0) is 9.90. The fourth-order valence-electron chi connectivity index (χ4n) is 1.74. The van der Waals surface area contributed by atoms with Crippen LogP contribution < -0.4 is 5.73 Å². The standard InChI is InChI=1S/C8H18N2O2S.2ClH/c1-13(11,12)8-2-5-10(6-3-8)7-4-9;;/h8H,2-7,9H2,1H3;2*1H. The highest BCUT2D eigenvalue weighted by Crippen LogP contribution is 2.16. The van der Waals surface area contributed by atoms with Gasteiger partial charge in [0, 0.05) is 19.3 Å². The van der Waals surface area contributed by atoms with Crippen LogP contribution in [0, 0.1) is 0 Å². The summed E-state index contributed by atoms with van der Waals surface area (Å²) in [5, 5.41) is -0.124. The Morgan fingerprint density at radius 3 is 2.07 bits per heavy atom. The van der Waals surface area contributed by atoms with Crippen molar-refractivity contribution in [1.29, 1.82) is 0 Å². The largest absolute Gasteiger partial charge is 0.329 e. The molecule has 0 aromatic rings. The maximum absolute atomic E-state index is 11.2. The van der Waals surface area contributed by atoms with Crippen LogP contribution in [0.5, 0.6) is 0 Å². The van der Waals surface area contributed by atoms with Crippen LogP contribution >= 0.6 is 24.8 Å². The van der Waals surface area contributed by atoms with Crippen LogP contribution in [-0.4, -0.2) is 51.0 Å². The lowest BCUT2D eigenvalue weighted by atomic mass is 10.1. The predicted molar refractivity (Wildman–Crippen MR) is 67.9 cm³/mol. The highest BCUT2D eigenvalue weighted by Gasteiger charge is 2.25. The predicted octanol–water partition coefficient (Wildman–Crippen LogP) is 0.298. The van der Waals surface area contributed by atoms with Crippen LogP contribution in [0.15, 0.2) is 0 Å². The second-order valence-corrected chi connectivity index (χ2v) is 5.98. The lowest BCUT2D eigenvalue weighted by Gasteiger charge is -2.30. The van der Waals surface area contributed by atoms with Crippen molar-refractivity contribution in [2.75, 3.05) is 32.4 Å². The third-order valence-corrected chi connectivity index (χ3v) is 4.27. The molecule has 94 valence electrons. The fourth-order valence-corrected chi connectivity index (χ4v) is 2.81. The molecule has 0 amide bonds. The molecule has 15 heavy (non-hydrogen) atoms. The average Bonchev–Trinajstić information content (AvgIpc) is 2.04. The summed E-state index contributed by atoms with van der Waals surface area (Å²) in [6, 6.07) is 0. The molecule has 0 atom stereocenters. The van der Waals surface area contributed by atoms with Crippen LogP contribution in [0.4, 0.5) is 0 Å². The highest BCUT2D eigenvalue weighted by molar-refractivity contribution is 7.91. The first kappa shape index (κ1) is 17.8. The lowest BCUT2D eigenvalue weighted by Crippen LogP contribution is -2.41. The minimum absolute atomic E-state index is 0. The Morgan fingerprint density at radius 2 is 1.73 bits per heavy atom. The normalized spacial score (nSPS) is 19.1. The summed E-state index contributed by atoms with van der Waals surface area (Å²) in [5.41, 5.74) is 5.42. The molecule has 0 saturated carbocycles. The van der Waals surface area contributed by atoms with E-state index < -0.39 is 9.84 Å². The molecule has 0 aliphatic carbocycles. The van der Waals surface area contributed by atoms with Crippen LogP contribution in [0.1, 0.15) is 12.8 Å². The molecule has 1 fully saturated rings. The Bertz CT molecular complexity index is 251. The van der Waals surface area contributed by atoms with E-state index in [1.165, 1.54) is 6.26 Å². The molecular weight excluding hydrogens is 259 g/mol. The van der Waals surface area contributed by atoms with Gasteiger partial charge in [-0.3, -0.25) is 0 Å². The topological polar surface area (TPSA) is 63.4 Å². The second kappa shape index (κ2) is 7.68. The molecule has 4 nitrogen and oxygen atoms in total. The van der Waals surface area contributed by atoms with Crippen molar-refractivity contribution in [2.45, 2.75) is 18.1 Å². The zero-order valence-electron chi connectivity index (χ0n) is 8.89. The average molecular weight is 279 g/mol. The number of rotatable bonds is 3. The van der Waals surface area contributed by atoms with E-state index in [1.54, 1.807) is 0 Å². The number of hydrogen-bond acceptors (Lipinski definition) is 4. The first-order valence-electron chi connectivity index (χ1n) is 4.65. The van der Waals surface area contributed by atoms with Crippen LogP contribution in [-0.2, 0) is 9.84 Å². The smallest absolute Gasteiger partial charge is 0.150 e. The third kappa shape index (κ3) is 5.92. The van der Waals surface area contributed by atoms with Gasteiger partial charge in [-0.2, -0.15) is 0 Å². The van der Waals surface area contributed by atoms with Crippen molar-refractivity contribution in [1.82, 2.24) is 4.90 Å². The van der Waals surface area contributed by atoms with Crippen molar-refractivity contribution < 1.29 is 8.42 Å². The molecule has 1 rings (SSSR count). The van der Waals surface area contributed by atoms with Gasteiger partial charge in [-0.05, 0) is 25.9 Å². The number of halogens is 2.